The maximum absolute atomic E-state index is 6.23. The molecule has 3 rings (SSSR count). The van der Waals surface area contributed by atoms with E-state index in [1.54, 1.807) is 0 Å². The number of hydrogen-bond donors (Lipinski definition) is 0. The Morgan fingerprint density at radius 3 is 3.00 bits per heavy atom. The molecule has 0 saturated carbocycles. The van der Waals surface area contributed by atoms with E-state index >= 15 is 0 Å². The van der Waals surface area contributed by atoms with Gasteiger partial charge in [-0.3, -0.25) is 4.90 Å². The van der Waals surface area contributed by atoms with Gasteiger partial charge in [-0.2, -0.15) is 0 Å². The summed E-state index contributed by atoms with van der Waals surface area (Å²) in [7, 11) is 0. The standard InChI is InChI=1S/C15H20ClN3/c1-11(2)18-8-4-3-7-13(18)15-17-10-14-12(16)6-5-9-19(14)15/h5-6,9-11,13H,3-4,7-8H2,1-2H3. The first-order chi connectivity index (χ1) is 9.18. The van der Waals surface area contributed by atoms with Crippen LogP contribution in [0.25, 0.3) is 5.52 Å². The number of rotatable bonds is 2. The highest BCUT2D eigenvalue weighted by Gasteiger charge is 2.28. The zero-order valence-corrected chi connectivity index (χ0v) is 12.3. The van der Waals surface area contributed by atoms with E-state index in [1.807, 2.05) is 18.3 Å². The number of hydrogen-bond acceptors (Lipinski definition) is 2. The Hall–Kier alpha value is -1.06. The van der Waals surface area contributed by atoms with Crippen molar-refractivity contribution in [2.75, 3.05) is 6.54 Å². The molecule has 2 aromatic rings. The third-order valence-electron chi connectivity index (χ3n) is 4.05. The highest BCUT2D eigenvalue weighted by molar-refractivity contribution is 6.33. The predicted molar refractivity (Wildman–Crippen MR) is 78.6 cm³/mol. The molecule has 3 nitrogen and oxygen atoms in total. The van der Waals surface area contributed by atoms with Crippen LogP contribution in [0.2, 0.25) is 5.02 Å². The molecule has 2 aromatic heterocycles. The van der Waals surface area contributed by atoms with Crippen molar-refractivity contribution in [1.82, 2.24) is 14.3 Å². The molecular formula is C15H20ClN3. The number of fused-ring (bicyclic) bond motifs is 1. The van der Waals surface area contributed by atoms with Crippen molar-refractivity contribution in [2.45, 2.75) is 45.2 Å². The highest BCUT2D eigenvalue weighted by Crippen LogP contribution is 2.32. The molecular weight excluding hydrogens is 258 g/mol. The van der Waals surface area contributed by atoms with Crippen molar-refractivity contribution < 1.29 is 0 Å². The van der Waals surface area contributed by atoms with Crippen LogP contribution in [0.15, 0.2) is 24.5 Å². The average molecular weight is 278 g/mol. The van der Waals surface area contributed by atoms with Crippen LogP contribution >= 0.6 is 11.6 Å². The van der Waals surface area contributed by atoms with Gasteiger partial charge in [-0.25, -0.2) is 4.98 Å². The molecule has 3 heterocycles. The summed E-state index contributed by atoms with van der Waals surface area (Å²) in [6, 6.07) is 4.87. The fourth-order valence-electron chi connectivity index (χ4n) is 3.10. The molecule has 102 valence electrons. The van der Waals surface area contributed by atoms with Crippen LogP contribution in [0.4, 0.5) is 0 Å². The maximum Gasteiger partial charge on any atom is 0.130 e. The van der Waals surface area contributed by atoms with Crippen molar-refractivity contribution >= 4 is 17.1 Å². The molecule has 0 aliphatic carbocycles. The Morgan fingerprint density at radius 1 is 1.37 bits per heavy atom. The third-order valence-corrected chi connectivity index (χ3v) is 4.37. The fourth-order valence-corrected chi connectivity index (χ4v) is 3.32. The van der Waals surface area contributed by atoms with Crippen LogP contribution in [0, 0.1) is 0 Å². The van der Waals surface area contributed by atoms with Crippen LogP contribution in [0.3, 0.4) is 0 Å². The number of imidazole rings is 1. The van der Waals surface area contributed by atoms with Gasteiger partial charge in [0.05, 0.1) is 22.8 Å². The zero-order valence-electron chi connectivity index (χ0n) is 11.5. The minimum atomic E-state index is 0.412. The summed E-state index contributed by atoms with van der Waals surface area (Å²) in [5, 5.41) is 0.771. The zero-order chi connectivity index (χ0) is 13.4. The molecule has 0 radical (unpaired) electrons. The second-order valence-electron chi connectivity index (χ2n) is 5.57. The van der Waals surface area contributed by atoms with E-state index < -0.39 is 0 Å². The average Bonchev–Trinajstić information content (AvgIpc) is 2.84. The lowest BCUT2D eigenvalue weighted by atomic mass is 10.00. The van der Waals surface area contributed by atoms with Crippen LogP contribution in [0.1, 0.15) is 45.0 Å². The normalized spacial score (nSPS) is 21.4. The second-order valence-corrected chi connectivity index (χ2v) is 5.98. The number of likely N-dealkylation sites (tertiary alicyclic amines) is 1. The van der Waals surface area contributed by atoms with Gasteiger partial charge in [-0.1, -0.05) is 18.0 Å². The Balaban J connectivity index is 2.05. The second kappa shape index (κ2) is 5.14. The minimum absolute atomic E-state index is 0.412. The molecule has 0 spiro atoms. The Kier molecular flexibility index (Phi) is 3.50. The van der Waals surface area contributed by atoms with Gasteiger partial charge in [-0.15, -0.1) is 0 Å². The Morgan fingerprint density at radius 2 is 2.21 bits per heavy atom. The number of pyridine rings is 1. The fraction of sp³-hybridized carbons (Fsp3) is 0.533. The lowest BCUT2D eigenvalue weighted by Gasteiger charge is -2.37. The molecule has 1 unspecified atom stereocenters. The number of piperidine rings is 1. The molecule has 0 bridgehead atoms. The van der Waals surface area contributed by atoms with Crippen molar-refractivity contribution in [2.24, 2.45) is 0 Å². The first-order valence-corrected chi connectivity index (χ1v) is 7.43. The smallest absolute Gasteiger partial charge is 0.130 e. The summed E-state index contributed by atoms with van der Waals surface area (Å²) >= 11 is 6.23. The number of halogens is 1. The Bertz CT molecular complexity index is 576. The van der Waals surface area contributed by atoms with E-state index in [1.165, 1.54) is 19.3 Å². The van der Waals surface area contributed by atoms with Gasteiger partial charge < -0.3 is 4.40 Å². The topological polar surface area (TPSA) is 20.5 Å². The minimum Gasteiger partial charge on any atom is -0.301 e. The van der Waals surface area contributed by atoms with E-state index in [0.29, 0.717) is 12.1 Å². The van der Waals surface area contributed by atoms with Crippen LogP contribution < -0.4 is 0 Å². The van der Waals surface area contributed by atoms with Crippen molar-refractivity contribution in [3.8, 4) is 0 Å². The summed E-state index contributed by atoms with van der Waals surface area (Å²) in [5.41, 5.74) is 1.01. The van der Waals surface area contributed by atoms with Gasteiger partial charge in [0.15, 0.2) is 0 Å². The molecule has 0 N–H and O–H groups in total. The molecule has 0 aromatic carbocycles. The van der Waals surface area contributed by atoms with Gasteiger partial charge in [-0.05, 0) is 45.4 Å². The largest absolute Gasteiger partial charge is 0.301 e. The maximum atomic E-state index is 6.23. The van der Waals surface area contributed by atoms with Crippen LogP contribution in [-0.2, 0) is 0 Å². The summed E-state index contributed by atoms with van der Waals surface area (Å²) in [4.78, 5) is 7.20. The monoisotopic (exact) mass is 277 g/mol. The van der Waals surface area contributed by atoms with Gasteiger partial charge in [0.2, 0.25) is 0 Å². The predicted octanol–water partition coefficient (Wildman–Crippen LogP) is 3.92. The quantitative estimate of drug-likeness (QED) is 0.829. The van der Waals surface area contributed by atoms with Gasteiger partial charge in [0, 0.05) is 12.2 Å². The van der Waals surface area contributed by atoms with Gasteiger partial charge >= 0.3 is 0 Å². The van der Waals surface area contributed by atoms with Crippen molar-refractivity contribution in [1.29, 1.82) is 0 Å². The lowest BCUT2D eigenvalue weighted by molar-refractivity contribution is 0.106. The molecule has 0 amide bonds. The third kappa shape index (κ3) is 2.26. The van der Waals surface area contributed by atoms with E-state index in [9.17, 15) is 0 Å². The highest BCUT2D eigenvalue weighted by atomic mass is 35.5. The van der Waals surface area contributed by atoms with E-state index in [4.69, 9.17) is 11.6 Å². The summed E-state index contributed by atoms with van der Waals surface area (Å²) < 4.78 is 2.15. The van der Waals surface area contributed by atoms with Gasteiger partial charge in [0.25, 0.3) is 0 Å². The SMILES string of the molecule is CC(C)N1CCCCC1c1ncc2c(Cl)cccn12. The Labute approximate surface area is 119 Å². The first kappa shape index (κ1) is 12.9. The van der Waals surface area contributed by atoms with E-state index in [2.05, 4.69) is 34.3 Å². The molecule has 1 fully saturated rings. The summed E-state index contributed by atoms with van der Waals surface area (Å²) in [5.74, 6) is 1.13. The lowest BCUT2D eigenvalue weighted by Crippen LogP contribution is -2.39. The van der Waals surface area contributed by atoms with E-state index in [-0.39, 0.29) is 0 Å². The first-order valence-electron chi connectivity index (χ1n) is 7.05. The molecule has 4 heteroatoms. The molecule has 1 aliphatic rings. The summed E-state index contributed by atoms with van der Waals surface area (Å²) in [6.45, 7) is 5.69. The van der Waals surface area contributed by atoms with Crippen molar-refractivity contribution in [3.05, 3.63) is 35.4 Å². The van der Waals surface area contributed by atoms with Crippen LogP contribution in [0.5, 0.6) is 0 Å². The van der Waals surface area contributed by atoms with Gasteiger partial charge in [0.1, 0.15) is 5.82 Å². The number of aromatic nitrogens is 2. The molecule has 1 saturated heterocycles. The summed E-state index contributed by atoms with van der Waals surface area (Å²) in [6.07, 6.45) is 7.72. The molecule has 19 heavy (non-hydrogen) atoms. The van der Waals surface area contributed by atoms with Crippen molar-refractivity contribution in [3.63, 3.8) is 0 Å². The van der Waals surface area contributed by atoms with E-state index in [0.717, 1.165) is 22.9 Å². The van der Waals surface area contributed by atoms with Crippen LogP contribution in [-0.4, -0.2) is 26.9 Å². The molecule has 1 atom stereocenters. The number of nitrogens with zero attached hydrogens (tertiary/aromatic N) is 3. The molecule has 1 aliphatic heterocycles.